The Morgan fingerprint density at radius 2 is 0.835 bits per heavy atom. The lowest BCUT2D eigenvalue weighted by atomic mass is 10.0. The van der Waals surface area contributed by atoms with Gasteiger partial charge in [-0.3, -0.25) is 29.9 Å². The maximum absolute atomic E-state index is 5.45. The molecule has 3 aliphatic rings. The van der Waals surface area contributed by atoms with E-state index < -0.39 is 0 Å². The molecule has 13 aromatic heterocycles. The highest BCUT2D eigenvalue weighted by atomic mass is 32.1. The van der Waals surface area contributed by atoms with Gasteiger partial charge in [0.2, 0.25) is 5.88 Å². The van der Waals surface area contributed by atoms with Crippen molar-refractivity contribution >= 4 is 93.1 Å². The van der Waals surface area contributed by atoms with Crippen LogP contribution in [0.3, 0.4) is 0 Å². The number of thiazole rings is 2. The fourth-order valence-corrected chi connectivity index (χ4v) is 13.7. The summed E-state index contributed by atoms with van der Waals surface area (Å²) in [6, 6.07) is 43.7. The van der Waals surface area contributed by atoms with Gasteiger partial charge in [0.05, 0.1) is 66.4 Å². The molecule has 2 N–H and O–H groups in total. The maximum atomic E-state index is 5.45. The Morgan fingerprint density at radius 3 is 1.50 bits per heavy atom. The van der Waals surface area contributed by atoms with Crippen molar-refractivity contribution in [3.8, 4) is 23.3 Å². The van der Waals surface area contributed by atoms with Crippen LogP contribution in [0, 0.1) is 0 Å². The van der Waals surface area contributed by atoms with Gasteiger partial charge in [-0.05, 0) is 225 Å². The van der Waals surface area contributed by atoms with Gasteiger partial charge in [0.15, 0.2) is 29.6 Å². The first-order valence-corrected chi connectivity index (χ1v) is 44.0. The second-order valence-electron chi connectivity index (χ2n) is 32.9. The summed E-state index contributed by atoms with van der Waals surface area (Å²) in [5, 5.41) is 4.23. The lowest BCUT2D eigenvalue weighted by Gasteiger charge is -2.18. The van der Waals surface area contributed by atoms with Gasteiger partial charge < -0.3 is 33.7 Å². The minimum atomic E-state index is 0.475. The SMILES string of the molecule is CC(C)c1ccc2nccnc2c1.CC(C)c1ccc2ncsc2c1.CC(C)c1ccc2scnc2c1.CC(C)c1cccnc1.CC(C)c1cnc2[nH]ccc2c1.CC(C)c1cnc2c(c1)CCCO2.CC(C)c1cnc2c(c1)OCCO2.CC(C)c1cnc2c(c1)OCN2.CC(C)c1cnc2cccnc2c1.CC(C)c1cnc2ccoc2c1. The largest absolute Gasteiger partial charge is 0.484 e. The fourth-order valence-electron chi connectivity index (χ4n) is 12.3. The first-order valence-electron chi connectivity index (χ1n) is 42.2. The van der Waals surface area contributed by atoms with Gasteiger partial charge in [-0.25, -0.2) is 29.9 Å². The van der Waals surface area contributed by atoms with Crippen molar-refractivity contribution in [2.75, 3.05) is 31.9 Å². The zero-order valence-electron chi connectivity index (χ0n) is 74.0. The molecule has 16 aromatic rings. The van der Waals surface area contributed by atoms with E-state index in [1.54, 1.807) is 53.7 Å². The monoisotopic (exact) mass is 1660 g/mol. The Hall–Kier alpha value is -11.7. The summed E-state index contributed by atoms with van der Waals surface area (Å²) in [5.74, 6) is 9.43. The first kappa shape index (κ1) is 91.6. The number of hydrogen-bond donors (Lipinski definition) is 2. The number of ether oxygens (including phenoxy) is 4. The third kappa shape index (κ3) is 27.4. The number of pyridine rings is 8. The lowest BCUT2D eigenvalue weighted by molar-refractivity contribution is 0.164. The van der Waals surface area contributed by atoms with Crippen LogP contribution < -0.4 is 24.3 Å². The minimum Gasteiger partial charge on any atom is -0.484 e. The number of anilines is 1. The Bertz CT molecular complexity index is 5380. The third-order valence-corrected chi connectivity index (χ3v) is 21.9. The summed E-state index contributed by atoms with van der Waals surface area (Å²) in [6.45, 7) is 46.0. The van der Waals surface area contributed by atoms with Crippen molar-refractivity contribution in [2.24, 2.45) is 0 Å². The fraction of sp³-hybridized carbons (Fsp3) is 0.360. The summed E-state index contributed by atoms with van der Waals surface area (Å²) < 4.78 is 29.3. The van der Waals surface area contributed by atoms with E-state index in [0.29, 0.717) is 85.0 Å². The molecule has 0 saturated carbocycles. The Kier molecular flexibility index (Phi) is 34.6. The molecule has 0 aliphatic carbocycles. The molecular weight excluding hydrogens is 1540 g/mol. The van der Waals surface area contributed by atoms with Crippen LogP contribution in [0.5, 0.6) is 23.3 Å². The van der Waals surface area contributed by atoms with E-state index in [2.05, 4.69) is 281 Å². The number of nitrogens with zero attached hydrogens (tertiary/aromatic N) is 12. The summed E-state index contributed by atoms with van der Waals surface area (Å²) in [5.41, 5.74) is 26.8. The van der Waals surface area contributed by atoms with E-state index in [-0.39, 0.29) is 0 Å². The summed E-state index contributed by atoms with van der Waals surface area (Å²) >= 11 is 3.40. The average molecular weight is 1660 g/mol. The molecule has 0 atom stereocenters. The van der Waals surface area contributed by atoms with Crippen LogP contribution in [0.25, 0.3) is 64.6 Å². The second-order valence-corrected chi connectivity index (χ2v) is 34.7. The van der Waals surface area contributed by atoms with Crippen LogP contribution in [0.2, 0.25) is 0 Å². The van der Waals surface area contributed by atoms with Crippen LogP contribution >= 0.6 is 22.7 Å². The Balaban J connectivity index is 0.000000141. The van der Waals surface area contributed by atoms with E-state index in [9.17, 15) is 0 Å². The van der Waals surface area contributed by atoms with Crippen molar-refractivity contribution in [1.29, 1.82) is 0 Å². The third-order valence-electron chi connectivity index (χ3n) is 20.3. The van der Waals surface area contributed by atoms with Gasteiger partial charge >= 0.3 is 0 Å². The molecule has 21 heteroatoms. The molecular formula is C100H120N14O5S2. The molecule has 0 saturated heterocycles. The number of nitrogens with one attached hydrogen (secondary N) is 2. The quantitative estimate of drug-likeness (QED) is 0.130. The number of aromatic amines is 1. The molecule has 0 radical (unpaired) electrons. The molecule has 19 nitrogen and oxygen atoms in total. The van der Waals surface area contributed by atoms with Crippen molar-refractivity contribution in [2.45, 2.75) is 210 Å². The number of aromatic nitrogens is 13. The number of rotatable bonds is 10. The van der Waals surface area contributed by atoms with Gasteiger partial charge in [-0.15, -0.1) is 22.7 Å². The highest BCUT2D eigenvalue weighted by Crippen LogP contribution is 2.33. The van der Waals surface area contributed by atoms with Crippen molar-refractivity contribution in [1.82, 2.24) is 64.8 Å². The van der Waals surface area contributed by atoms with Gasteiger partial charge in [0.1, 0.15) is 24.4 Å². The van der Waals surface area contributed by atoms with E-state index >= 15 is 0 Å². The molecule has 121 heavy (non-hydrogen) atoms. The average Bonchev–Trinajstić information content (AvgIpc) is 1.03. The summed E-state index contributed by atoms with van der Waals surface area (Å²) in [7, 11) is 0. The van der Waals surface area contributed by atoms with E-state index in [1.165, 1.54) is 76.0 Å². The van der Waals surface area contributed by atoms with Gasteiger partial charge in [0, 0.05) is 91.4 Å². The van der Waals surface area contributed by atoms with Gasteiger partial charge in [-0.1, -0.05) is 163 Å². The lowest BCUT2D eigenvalue weighted by Crippen LogP contribution is -2.16. The Morgan fingerprint density at radius 1 is 0.331 bits per heavy atom. The van der Waals surface area contributed by atoms with Crippen LogP contribution in [0.15, 0.2) is 223 Å². The molecule has 0 amide bonds. The predicted octanol–water partition coefficient (Wildman–Crippen LogP) is 26.7. The number of benzene rings is 3. The van der Waals surface area contributed by atoms with E-state index in [0.717, 1.165) is 92.5 Å². The van der Waals surface area contributed by atoms with Gasteiger partial charge in [-0.2, -0.15) is 0 Å². The molecule has 3 aromatic carbocycles. The van der Waals surface area contributed by atoms with Crippen LogP contribution in [0.1, 0.15) is 265 Å². The molecule has 0 unspecified atom stereocenters. The zero-order valence-corrected chi connectivity index (χ0v) is 75.7. The smallest absolute Gasteiger partial charge is 0.257 e. The number of aryl methyl sites for hydroxylation is 1. The molecule has 632 valence electrons. The normalized spacial score (nSPS) is 12.2. The van der Waals surface area contributed by atoms with Crippen LogP contribution in [-0.4, -0.2) is 91.3 Å². The van der Waals surface area contributed by atoms with Crippen molar-refractivity contribution < 1.29 is 23.4 Å². The van der Waals surface area contributed by atoms with Crippen LogP contribution in [0.4, 0.5) is 5.82 Å². The standard InChI is InChI=1S/2C11H12N2.C11H15NO.C10H12N2.C10H13NO2.C10H11NO.2C10H11NS.C9H12N2O.C8H11N/c1-8(2)9-3-4-10-11(7-9)13-6-5-12-10;1-8(2)9-6-11-10(13-7-9)4-3-5-12-11;1-8(2)10-6-9-4-3-5-13-11(9)12-7-10;1-7(2)9-5-8-3-4-11-10(8)12-6-9;1-7(2)8-5-9-10(11-6-8)13-4-3-12-9;1-7(2)8-5-10-9(11-6-8)3-4-12-10;1-7(2)8-3-4-10-9(5-8)11-6-12-10;1-7(2)8-3-4-9-10(5-8)12-6-11-9;1-6(2)7-3-8-9(10-4-7)11-5-12-8;1-7(2)8-4-3-5-9-6-8/h2*3-8H,1-2H3;6-8H,3-5H2,1-2H3;3-7H,1-2H3,(H,11,12);5-7H,3-4H2,1-2H3;3*3-7H,1-2H3;3-4,6H,5H2,1-2H3,(H,10,11);3-7H,1-2H3. The van der Waals surface area contributed by atoms with E-state index in [1.807, 2.05) is 115 Å². The molecule has 19 rings (SSSR count). The zero-order chi connectivity index (χ0) is 86.5. The number of hydrogen-bond acceptors (Lipinski definition) is 20. The minimum absolute atomic E-state index is 0.475. The van der Waals surface area contributed by atoms with Crippen molar-refractivity contribution in [3.05, 3.63) is 280 Å². The van der Waals surface area contributed by atoms with E-state index in [4.69, 9.17) is 23.4 Å². The first-order chi connectivity index (χ1) is 58.2. The molecule has 0 spiro atoms. The molecule has 0 bridgehead atoms. The molecule has 0 fully saturated rings. The maximum Gasteiger partial charge on any atom is 0.257 e. The number of furan rings is 1. The number of H-pyrrole nitrogens is 1. The Labute approximate surface area is 722 Å². The summed E-state index contributed by atoms with van der Waals surface area (Å²) in [6.07, 6.45) is 26.2. The highest BCUT2D eigenvalue weighted by molar-refractivity contribution is 7.17. The molecule has 3 aliphatic heterocycles. The second kappa shape index (κ2) is 45.6. The summed E-state index contributed by atoms with van der Waals surface area (Å²) in [4.78, 5) is 54.0. The van der Waals surface area contributed by atoms with Crippen LogP contribution in [-0.2, 0) is 6.42 Å². The predicted molar refractivity (Wildman–Crippen MR) is 500 cm³/mol. The number of fused-ring (bicyclic) bond motifs is 9. The van der Waals surface area contributed by atoms with Gasteiger partial charge in [0.25, 0.3) is 5.88 Å². The topological polar surface area (TPSA) is 233 Å². The highest BCUT2D eigenvalue weighted by Gasteiger charge is 2.17. The van der Waals surface area contributed by atoms with Crippen molar-refractivity contribution in [3.63, 3.8) is 0 Å². The molecule has 16 heterocycles.